The number of quaternary nitrogens is 1. The number of fused-ring (bicyclic) bond motifs is 4. The van der Waals surface area contributed by atoms with E-state index < -0.39 is 52.9 Å². The summed E-state index contributed by atoms with van der Waals surface area (Å²) in [5.74, 6) is -4.47. The summed E-state index contributed by atoms with van der Waals surface area (Å²) in [4.78, 5) is 53.1. The van der Waals surface area contributed by atoms with Gasteiger partial charge in [0.25, 0.3) is 5.91 Å². The molecule has 8 nitrogen and oxygen atoms in total. The molecule has 2 aromatic rings. The van der Waals surface area contributed by atoms with Crippen molar-refractivity contribution >= 4 is 40.9 Å². The molecule has 4 amide bonds. The SMILES string of the molecule is NC(=O)C[C@H]1[NH2+][C@@]2(C(=O)Nc3c(Cl)cccc32)[C@@H]2C(=O)N(Cc3ccc(F)cc3)C(=O)[C@@H]21. The van der Waals surface area contributed by atoms with Gasteiger partial charge in [-0.2, -0.15) is 0 Å². The van der Waals surface area contributed by atoms with Gasteiger partial charge >= 0.3 is 0 Å². The van der Waals surface area contributed by atoms with Crippen molar-refractivity contribution < 1.29 is 28.9 Å². The summed E-state index contributed by atoms with van der Waals surface area (Å²) in [6.07, 6.45) is -0.171. The Bertz CT molecular complexity index is 1190. The van der Waals surface area contributed by atoms with Crippen LogP contribution in [-0.4, -0.2) is 34.6 Å². The number of likely N-dealkylation sites (tertiary alicyclic amines) is 1. The molecule has 5 N–H and O–H groups in total. The molecule has 2 fully saturated rings. The second-order valence-corrected chi connectivity index (χ2v) is 8.79. The second kappa shape index (κ2) is 7.11. The first-order valence-electron chi connectivity index (χ1n) is 10.1. The average Bonchev–Trinajstić information content (AvgIpc) is 3.31. The quantitative estimate of drug-likeness (QED) is 0.569. The largest absolute Gasteiger partial charge is 0.369 e. The predicted octanol–water partition coefficient (Wildman–Crippen LogP) is 0.249. The number of benzene rings is 2. The molecular weight excluding hydrogens is 439 g/mol. The number of para-hydroxylation sites is 1. The lowest BCUT2D eigenvalue weighted by molar-refractivity contribution is -0.732. The van der Waals surface area contributed by atoms with Gasteiger partial charge in [0.15, 0.2) is 0 Å². The van der Waals surface area contributed by atoms with Crippen molar-refractivity contribution in [1.82, 2.24) is 4.90 Å². The molecule has 164 valence electrons. The van der Waals surface area contributed by atoms with Crippen LogP contribution >= 0.6 is 11.6 Å². The van der Waals surface area contributed by atoms with Crippen molar-refractivity contribution in [2.45, 2.75) is 24.5 Å². The minimum absolute atomic E-state index is 0.0612. The lowest BCUT2D eigenvalue weighted by atomic mass is 9.76. The van der Waals surface area contributed by atoms with E-state index in [1.807, 2.05) is 0 Å². The number of anilines is 1. The highest BCUT2D eigenvalue weighted by Gasteiger charge is 2.74. The fourth-order valence-electron chi connectivity index (χ4n) is 5.36. The minimum Gasteiger partial charge on any atom is -0.369 e. The van der Waals surface area contributed by atoms with E-state index in [1.54, 1.807) is 23.5 Å². The predicted molar refractivity (Wildman–Crippen MR) is 110 cm³/mol. The Balaban J connectivity index is 1.60. The molecule has 1 spiro atoms. The van der Waals surface area contributed by atoms with Gasteiger partial charge in [0, 0.05) is 5.56 Å². The molecule has 5 rings (SSSR count). The topological polar surface area (TPSA) is 126 Å². The third-order valence-electron chi connectivity index (χ3n) is 6.64. The van der Waals surface area contributed by atoms with Gasteiger partial charge in [-0.25, -0.2) is 4.39 Å². The zero-order chi connectivity index (χ0) is 22.8. The van der Waals surface area contributed by atoms with Crippen LogP contribution in [0.1, 0.15) is 17.5 Å². The van der Waals surface area contributed by atoms with Crippen LogP contribution in [0.25, 0.3) is 0 Å². The summed E-state index contributed by atoms with van der Waals surface area (Å²) in [6, 6.07) is 9.76. The smallest absolute Gasteiger partial charge is 0.291 e. The van der Waals surface area contributed by atoms with Crippen LogP contribution in [0.5, 0.6) is 0 Å². The molecule has 0 radical (unpaired) electrons. The summed E-state index contributed by atoms with van der Waals surface area (Å²) < 4.78 is 13.3. The maximum absolute atomic E-state index is 13.6. The molecule has 3 aliphatic rings. The van der Waals surface area contributed by atoms with Crippen molar-refractivity contribution in [2.75, 3.05) is 5.32 Å². The van der Waals surface area contributed by atoms with Gasteiger partial charge in [0.1, 0.15) is 23.7 Å². The molecule has 3 heterocycles. The molecule has 0 aliphatic carbocycles. The van der Waals surface area contributed by atoms with Crippen LogP contribution < -0.4 is 16.4 Å². The Morgan fingerprint density at radius 1 is 1.16 bits per heavy atom. The number of primary amides is 1. The number of rotatable bonds is 4. The Labute approximate surface area is 186 Å². The molecule has 2 aromatic carbocycles. The summed E-state index contributed by atoms with van der Waals surface area (Å²) >= 11 is 6.28. The van der Waals surface area contributed by atoms with E-state index in [9.17, 15) is 23.6 Å². The van der Waals surface area contributed by atoms with Crippen LogP contribution in [-0.2, 0) is 31.3 Å². The molecule has 0 unspecified atom stereocenters. The van der Waals surface area contributed by atoms with E-state index in [1.165, 1.54) is 24.3 Å². The summed E-state index contributed by atoms with van der Waals surface area (Å²) in [5, 5.41) is 4.69. The van der Waals surface area contributed by atoms with Crippen molar-refractivity contribution in [3.05, 3.63) is 64.4 Å². The van der Waals surface area contributed by atoms with Gasteiger partial charge in [-0.3, -0.25) is 24.1 Å². The zero-order valence-corrected chi connectivity index (χ0v) is 17.4. The Morgan fingerprint density at radius 3 is 2.56 bits per heavy atom. The number of halogens is 2. The first-order valence-corrected chi connectivity index (χ1v) is 10.5. The maximum Gasteiger partial charge on any atom is 0.291 e. The zero-order valence-electron chi connectivity index (χ0n) is 16.7. The van der Waals surface area contributed by atoms with Crippen LogP contribution in [0, 0.1) is 17.7 Å². The van der Waals surface area contributed by atoms with Gasteiger partial charge in [0.05, 0.1) is 23.7 Å². The van der Waals surface area contributed by atoms with Crippen LogP contribution in [0.4, 0.5) is 10.1 Å². The molecule has 2 saturated heterocycles. The first kappa shape index (κ1) is 20.6. The van der Waals surface area contributed by atoms with Crippen LogP contribution in [0.2, 0.25) is 5.02 Å². The Kier molecular flexibility index (Phi) is 4.58. The molecule has 0 saturated carbocycles. The third-order valence-corrected chi connectivity index (χ3v) is 6.95. The lowest BCUT2D eigenvalue weighted by Gasteiger charge is -2.26. The molecule has 4 atom stereocenters. The van der Waals surface area contributed by atoms with E-state index in [-0.39, 0.29) is 13.0 Å². The van der Waals surface area contributed by atoms with Crippen molar-refractivity contribution in [3.8, 4) is 0 Å². The number of amides is 4. The van der Waals surface area contributed by atoms with Gasteiger partial charge in [0.2, 0.25) is 23.3 Å². The average molecular weight is 458 g/mol. The van der Waals surface area contributed by atoms with Gasteiger partial charge < -0.3 is 16.4 Å². The second-order valence-electron chi connectivity index (χ2n) is 8.38. The molecule has 0 bridgehead atoms. The van der Waals surface area contributed by atoms with E-state index >= 15 is 0 Å². The number of nitrogens with one attached hydrogen (secondary N) is 1. The van der Waals surface area contributed by atoms with E-state index in [0.717, 1.165) is 4.90 Å². The Hall–Kier alpha value is -3.30. The van der Waals surface area contributed by atoms with Gasteiger partial charge in [-0.05, 0) is 29.8 Å². The van der Waals surface area contributed by atoms with Crippen molar-refractivity contribution in [1.29, 1.82) is 0 Å². The van der Waals surface area contributed by atoms with Crippen molar-refractivity contribution in [3.63, 3.8) is 0 Å². The van der Waals surface area contributed by atoms with E-state index in [2.05, 4.69) is 5.32 Å². The summed E-state index contributed by atoms with van der Waals surface area (Å²) in [6.45, 7) is -0.0612. The first-order chi connectivity index (χ1) is 15.2. The van der Waals surface area contributed by atoms with E-state index in [4.69, 9.17) is 17.3 Å². The lowest BCUT2D eigenvalue weighted by Crippen LogP contribution is -2.99. The molecule has 10 heteroatoms. The highest BCUT2D eigenvalue weighted by atomic mass is 35.5. The highest BCUT2D eigenvalue weighted by Crippen LogP contribution is 2.51. The standard InChI is InChI=1S/C22H18ClFN4O4/c23-13-3-1-2-12-18(13)26-21(32)22(12)17-16(14(27-22)8-15(25)29)19(30)28(20(17)31)9-10-4-6-11(24)7-5-10/h1-7,14,16-17,27H,8-9H2,(H2,25,29)(H,26,32)/p+1/t14-,16-,17+,22-/m1/s1. The third kappa shape index (κ3) is 2.78. The van der Waals surface area contributed by atoms with Gasteiger partial charge in [-0.1, -0.05) is 29.8 Å². The molecule has 3 aliphatic heterocycles. The maximum atomic E-state index is 13.6. The van der Waals surface area contributed by atoms with E-state index in [0.29, 0.717) is 21.8 Å². The Morgan fingerprint density at radius 2 is 1.88 bits per heavy atom. The minimum atomic E-state index is -1.44. The van der Waals surface area contributed by atoms with Gasteiger partial charge in [-0.15, -0.1) is 0 Å². The highest BCUT2D eigenvalue weighted by molar-refractivity contribution is 6.35. The number of hydrogen-bond acceptors (Lipinski definition) is 4. The number of imide groups is 1. The van der Waals surface area contributed by atoms with Crippen molar-refractivity contribution in [2.24, 2.45) is 17.6 Å². The monoisotopic (exact) mass is 457 g/mol. The molecule has 32 heavy (non-hydrogen) atoms. The fraction of sp³-hybridized carbons (Fsp3) is 0.273. The number of nitrogens with zero attached hydrogens (tertiary/aromatic N) is 1. The number of carbonyl (C=O) groups excluding carboxylic acids is 4. The van der Waals surface area contributed by atoms with Crippen LogP contribution in [0.15, 0.2) is 42.5 Å². The fourth-order valence-corrected chi connectivity index (χ4v) is 5.58. The summed E-state index contributed by atoms with van der Waals surface area (Å²) in [5.41, 5.74) is 5.45. The van der Waals surface area contributed by atoms with Crippen LogP contribution in [0.3, 0.4) is 0 Å². The summed E-state index contributed by atoms with van der Waals surface area (Å²) in [7, 11) is 0. The number of nitrogens with two attached hydrogens (primary N) is 2. The molecule has 0 aromatic heterocycles. The molecular formula is C22H19ClFN4O4+. The number of carbonyl (C=O) groups is 4. The normalized spacial score (nSPS) is 28.2. The number of hydrogen-bond donors (Lipinski definition) is 3.